The predicted octanol–water partition coefficient (Wildman–Crippen LogP) is 3.91. The molecule has 0 saturated carbocycles. The first-order valence-corrected chi connectivity index (χ1v) is 6.90. The Balaban J connectivity index is 2.29. The summed E-state index contributed by atoms with van der Waals surface area (Å²) in [5.74, 6) is 0.848. The van der Waals surface area contributed by atoms with Crippen LogP contribution >= 0.6 is 22.6 Å². The van der Waals surface area contributed by atoms with Crippen LogP contribution in [0.25, 0.3) is 0 Å². The molecule has 0 aliphatic carbocycles. The average molecular weight is 384 g/mol. The molecule has 2 N–H and O–H groups in total. The fraction of sp³-hybridized carbons (Fsp3) is 0.143. The van der Waals surface area contributed by atoms with Crippen molar-refractivity contribution in [3.05, 3.63) is 45.5 Å². The predicted molar refractivity (Wildman–Crippen MR) is 83.9 cm³/mol. The van der Waals surface area contributed by atoms with E-state index in [2.05, 4.69) is 32.8 Å². The maximum absolute atomic E-state index is 9.36. The summed E-state index contributed by atoms with van der Waals surface area (Å²) < 4.78 is 6.04. The lowest BCUT2D eigenvalue weighted by atomic mass is 10.2. The molecule has 0 atom stereocenters. The fourth-order valence-corrected chi connectivity index (χ4v) is 2.19. The van der Waals surface area contributed by atoms with Crippen molar-refractivity contribution in [1.82, 2.24) is 0 Å². The van der Waals surface area contributed by atoms with Crippen LogP contribution in [0.2, 0.25) is 0 Å². The van der Waals surface area contributed by atoms with E-state index in [1.807, 2.05) is 12.1 Å². The van der Waals surface area contributed by atoms with E-state index in [0.29, 0.717) is 16.9 Å². The van der Waals surface area contributed by atoms with Gasteiger partial charge in [0.25, 0.3) is 0 Å². The van der Waals surface area contributed by atoms with Crippen LogP contribution in [-0.4, -0.2) is 17.3 Å². The van der Waals surface area contributed by atoms with Gasteiger partial charge >= 0.3 is 0 Å². The highest BCUT2D eigenvalue weighted by atomic mass is 127. The summed E-state index contributed by atoms with van der Waals surface area (Å²) in [7, 11) is 1.61. The molecule has 0 fully saturated rings. The van der Waals surface area contributed by atoms with E-state index in [4.69, 9.17) is 4.74 Å². The Bertz CT molecular complexity index is 644. The second-order valence-corrected chi connectivity index (χ2v) is 5.15. The van der Waals surface area contributed by atoms with Crippen molar-refractivity contribution in [1.29, 1.82) is 0 Å². The molecule has 0 spiro atoms. The highest BCUT2D eigenvalue weighted by molar-refractivity contribution is 14.1. The van der Waals surface area contributed by atoms with E-state index < -0.39 is 0 Å². The molecule has 5 nitrogen and oxygen atoms in total. The number of nitrogens with zero attached hydrogens (tertiary/aromatic N) is 2. The number of methoxy groups -OCH3 is 1. The third kappa shape index (κ3) is 3.45. The third-order valence-electron chi connectivity index (χ3n) is 2.65. The Labute approximate surface area is 130 Å². The van der Waals surface area contributed by atoms with E-state index in [0.717, 1.165) is 9.32 Å². The number of halogens is 1. The van der Waals surface area contributed by atoms with E-state index in [1.165, 1.54) is 12.1 Å². The van der Waals surface area contributed by atoms with Gasteiger partial charge in [-0.05, 0) is 59.0 Å². The molecule has 0 radical (unpaired) electrons. The molecule has 2 rings (SSSR count). The van der Waals surface area contributed by atoms with Crippen molar-refractivity contribution in [3.63, 3.8) is 0 Å². The molecule has 0 aliphatic heterocycles. The zero-order valence-corrected chi connectivity index (χ0v) is 12.9. The minimum Gasteiger partial charge on any atom is -0.508 e. The van der Waals surface area contributed by atoms with Crippen LogP contribution in [0.15, 0.2) is 46.6 Å². The first-order chi connectivity index (χ1) is 9.63. The van der Waals surface area contributed by atoms with Crippen molar-refractivity contribution in [3.8, 4) is 11.5 Å². The van der Waals surface area contributed by atoms with Gasteiger partial charge in [0.05, 0.1) is 25.1 Å². The maximum atomic E-state index is 9.36. The molecule has 0 bridgehead atoms. The number of phenols is 1. The van der Waals surface area contributed by atoms with Crippen LogP contribution < -0.4 is 4.74 Å². The molecular weight excluding hydrogens is 371 g/mol. The van der Waals surface area contributed by atoms with Crippen molar-refractivity contribution in [2.45, 2.75) is 6.61 Å². The first kappa shape index (κ1) is 14.7. The van der Waals surface area contributed by atoms with Crippen LogP contribution in [0.4, 0.5) is 11.4 Å². The number of ether oxygens (including phenoxy) is 1. The van der Waals surface area contributed by atoms with Crippen LogP contribution in [-0.2, 0) is 6.61 Å². The van der Waals surface area contributed by atoms with Gasteiger partial charge in [-0.1, -0.05) is 0 Å². The summed E-state index contributed by atoms with van der Waals surface area (Å²) in [4.78, 5) is 0. The van der Waals surface area contributed by atoms with Gasteiger partial charge in [-0.25, -0.2) is 0 Å². The molecule has 0 aliphatic rings. The average Bonchev–Trinajstić information content (AvgIpc) is 2.46. The molecule has 6 heteroatoms. The van der Waals surface area contributed by atoms with Gasteiger partial charge in [0, 0.05) is 9.13 Å². The van der Waals surface area contributed by atoms with Crippen LogP contribution in [0.3, 0.4) is 0 Å². The van der Waals surface area contributed by atoms with Gasteiger partial charge in [-0.15, -0.1) is 5.11 Å². The van der Waals surface area contributed by atoms with Crippen molar-refractivity contribution >= 4 is 34.0 Å². The number of hydrogen-bond donors (Lipinski definition) is 2. The molecule has 0 heterocycles. The summed E-state index contributed by atoms with van der Waals surface area (Å²) in [6.45, 7) is -0.206. The molecule has 0 unspecified atom stereocenters. The Kier molecular flexibility index (Phi) is 4.91. The first-order valence-electron chi connectivity index (χ1n) is 5.82. The second kappa shape index (κ2) is 6.67. The molecular formula is C14H13IN2O3. The Morgan fingerprint density at radius 1 is 1.10 bits per heavy atom. The highest BCUT2D eigenvalue weighted by Crippen LogP contribution is 2.29. The van der Waals surface area contributed by atoms with Gasteiger partial charge < -0.3 is 14.9 Å². The molecule has 0 amide bonds. The normalized spacial score (nSPS) is 10.9. The third-order valence-corrected chi connectivity index (χ3v) is 3.52. The Hall–Kier alpha value is -1.67. The highest BCUT2D eigenvalue weighted by Gasteiger charge is 2.04. The van der Waals surface area contributed by atoms with Gasteiger partial charge in [0.1, 0.15) is 11.5 Å². The summed E-state index contributed by atoms with van der Waals surface area (Å²) in [5.41, 5.74) is 1.76. The monoisotopic (exact) mass is 384 g/mol. The lowest BCUT2D eigenvalue weighted by Gasteiger charge is -2.04. The minimum absolute atomic E-state index is 0.0898. The van der Waals surface area contributed by atoms with Gasteiger partial charge in [0.2, 0.25) is 0 Å². The number of aromatic hydroxyl groups is 1. The topological polar surface area (TPSA) is 74.4 Å². The Morgan fingerprint density at radius 3 is 2.45 bits per heavy atom. The summed E-state index contributed by atoms with van der Waals surface area (Å²) >= 11 is 2.15. The number of rotatable bonds is 4. The fourth-order valence-electron chi connectivity index (χ4n) is 1.60. The quantitative estimate of drug-likeness (QED) is 0.620. The molecule has 0 saturated heterocycles. The number of aliphatic hydroxyl groups excluding tert-OH is 1. The number of phenolic OH excluding ortho intramolecular Hbond substituents is 1. The van der Waals surface area contributed by atoms with Crippen LogP contribution in [0.1, 0.15) is 5.56 Å². The van der Waals surface area contributed by atoms with Crippen molar-refractivity contribution in [2.75, 3.05) is 7.11 Å². The van der Waals surface area contributed by atoms with Crippen LogP contribution in [0.5, 0.6) is 11.5 Å². The zero-order valence-electron chi connectivity index (χ0n) is 10.7. The summed E-state index contributed by atoms with van der Waals surface area (Å²) in [5, 5.41) is 26.9. The lowest BCUT2D eigenvalue weighted by molar-refractivity contribution is 0.281. The maximum Gasteiger partial charge on any atom is 0.120 e. The summed E-state index contributed by atoms with van der Waals surface area (Å²) in [6, 6.07) is 10.1. The van der Waals surface area contributed by atoms with Crippen molar-refractivity contribution < 1.29 is 14.9 Å². The number of benzene rings is 2. The van der Waals surface area contributed by atoms with E-state index in [9.17, 15) is 10.2 Å². The van der Waals surface area contributed by atoms with Crippen molar-refractivity contribution in [2.24, 2.45) is 10.2 Å². The number of hydrogen-bond acceptors (Lipinski definition) is 5. The van der Waals surface area contributed by atoms with Gasteiger partial charge in [0.15, 0.2) is 0 Å². The van der Waals surface area contributed by atoms with E-state index in [-0.39, 0.29) is 12.4 Å². The zero-order chi connectivity index (χ0) is 14.5. The summed E-state index contributed by atoms with van der Waals surface area (Å²) in [6.07, 6.45) is 0. The van der Waals surface area contributed by atoms with E-state index >= 15 is 0 Å². The van der Waals surface area contributed by atoms with Crippen LogP contribution in [0, 0.1) is 3.57 Å². The molecule has 2 aromatic rings. The second-order valence-electron chi connectivity index (χ2n) is 3.99. The SMILES string of the molecule is COc1ccc(N=Nc2ccc(O)cc2CO)c(I)c1. The minimum atomic E-state index is -0.206. The molecule has 20 heavy (non-hydrogen) atoms. The van der Waals surface area contributed by atoms with Gasteiger partial charge in [-0.3, -0.25) is 0 Å². The standard InChI is InChI=1S/C14H13IN2O3/c1-20-11-3-5-14(12(15)7-11)17-16-13-4-2-10(19)6-9(13)8-18/h2-7,18-19H,8H2,1H3. The number of azo groups is 1. The smallest absolute Gasteiger partial charge is 0.120 e. The number of aliphatic hydroxyl groups is 1. The molecule has 2 aromatic carbocycles. The molecule has 0 aromatic heterocycles. The molecule has 104 valence electrons. The largest absolute Gasteiger partial charge is 0.508 e. The van der Waals surface area contributed by atoms with Gasteiger partial charge in [-0.2, -0.15) is 5.11 Å². The Morgan fingerprint density at radius 2 is 1.80 bits per heavy atom. The lowest BCUT2D eigenvalue weighted by Crippen LogP contribution is -1.84. The van der Waals surface area contributed by atoms with E-state index in [1.54, 1.807) is 19.2 Å².